The Labute approximate surface area is 267 Å². The first-order valence-electron chi connectivity index (χ1n) is 14.0. The number of Topliss-reactive ketones (excluding diaryl/α,β-unsaturated/α-hetero) is 3. The predicted molar refractivity (Wildman–Crippen MR) is 162 cm³/mol. The van der Waals surface area contributed by atoms with E-state index in [1.54, 1.807) is 0 Å². The average molecular weight is 659 g/mol. The smallest absolute Gasteiger partial charge is 0.260 e. The van der Waals surface area contributed by atoms with Gasteiger partial charge in [0.15, 0.2) is 23.1 Å². The highest BCUT2D eigenvalue weighted by molar-refractivity contribution is 6.41. The fourth-order valence-electron chi connectivity index (χ4n) is 6.66. The number of methoxy groups -OCH3 is 1. The highest BCUT2D eigenvalue weighted by atomic mass is 35.5. The summed E-state index contributed by atoms with van der Waals surface area (Å²) >= 11 is 6.76. The lowest BCUT2D eigenvalue weighted by atomic mass is 9.76. The molecule has 14 heteroatoms. The number of allylic oxidation sites excluding steroid dienone is 2. The molecule has 3 aromatic carbocycles. The standard InChI is InChI=1S/C33H20ClFN2O10/c1-46-18-9-17(38)20-21(26(18)39)28(41)23-22(27(20)40)30(43)33(31(23)44)7-6-15-24(33)29(42)19-16(25(15)34)8-14(37-32(19)45)10-36-47-11-12-2-4-13(35)5-3-12/h2-5,8-10,40-42H,6-7,11H2,1H3,(H,37,45)/t33-/m0/s1. The number of rotatable bonds is 5. The number of carbonyl (C=O) groups is 4. The Balaban J connectivity index is 1.33. The number of ether oxygens (including phenoxy) is 1. The molecule has 1 atom stereocenters. The molecule has 0 unspecified atom stereocenters. The van der Waals surface area contributed by atoms with Gasteiger partial charge in [-0.15, -0.1) is 0 Å². The van der Waals surface area contributed by atoms with Crippen molar-refractivity contribution in [2.45, 2.75) is 24.9 Å². The molecule has 3 aliphatic carbocycles. The summed E-state index contributed by atoms with van der Waals surface area (Å²) in [6.45, 7) is 0.0106. The first kappa shape index (κ1) is 29.9. The van der Waals surface area contributed by atoms with Crippen molar-refractivity contribution in [2.24, 2.45) is 5.16 Å². The summed E-state index contributed by atoms with van der Waals surface area (Å²) in [6.07, 6.45) is 1.68. The van der Waals surface area contributed by atoms with Crippen molar-refractivity contribution in [3.8, 4) is 17.2 Å². The summed E-state index contributed by atoms with van der Waals surface area (Å²) in [7, 11) is 1.11. The van der Waals surface area contributed by atoms with Crippen molar-refractivity contribution in [3.63, 3.8) is 0 Å². The van der Waals surface area contributed by atoms with Crippen LogP contribution in [-0.2, 0) is 28.0 Å². The van der Waals surface area contributed by atoms with Crippen molar-refractivity contribution in [1.82, 2.24) is 4.98 Å². The number of benzene rings is 3. The fourth-order valence-corrected chi connectivity index (χ4v) is 7.00. The largest absolute Gasteiger partial charge is 0.507 e. The van der Waals surface area contributed by atoms with Crippen LogP contribution in [0.4, 0.5) is 4.39 Å². The zero-order valence-corrected chi connectivity index (χ0v) is 24.8. The average Bonchev–Trinajstić information content (AvgIpc) is 3.55. The predicted octanol–water partition coefficient (Wildman–Crippen LogP) is 4.16. The van der Waals surface area contributed by atoms with E-state index in [1.807, 2.05) is 0 Å². The van der Waals surface area contributed by atoms with Gasteiger partial charge in [-0.05, 0) is 42.2 Å². The number of aromatic amines is 1. The molecule has 1 aromatic heterocycles. The Morgan fingerprint density at radius 1 is 0.979 bits per heavy atom. The third-order valence-electron chi connectivity index (χ3n) is 8.77. The van der Waals surface area contributed by atoms with Gasteiger partial charge in [0.2, 0.25) is 5.78 Å². The molecule has 0 radical (unpaired) electrons. The molecule has 1 heterocycles. The monoisotopic (exact) mass is 658 g/mol. The van der Waals surface area contributed by atoms with Crippen LogP contribution in [-0.4, -0.2) is 56.8 Å². The van der Waals surface area contributed by atoms with Crippen LogP contribution in [0.3, 0.4) is 0 Å². The van der Waals surface area contributed by atoms with Gasteiger partial charge in [0, 0.05) is 17.0 Å². The van der Waals surface area contributed by atoms with E-state index in [4.69, 9.17) is 21.2 Å². The van der Waals surface area contributed by atoms with Gasteiger partial charge >= 0.3 is 0 Å². The van der Waals surface area contributed by atoms with Gasteiger partial charge in [-0.1, -0.05) is 28.9 Å². The zero-order chi connectivity index (χ0) is 33.5. The summed E-state index contributed by atoms with van der Waals surface area (Å²) in [5.41, 5.74) is -5.17. The lowest BCUT2D eigenvalue weighted by Gasteiger charge is -2.23. The van der Waals surface area contributed by atoms with Crippen LogP contribution in [0.5, 0.6) is 17.2 Å². The first-order chi connectivity index (χ1) is 22.4. The van der Waals surface area contributed by atoms with Gasteiger partial charge in [0.25, 0.3) is 5.56 Å². The van der Waals surface area contributed by atoms with Gasteiger partial charge in [0.1, 0.15) is 35.1 Å². The third-order valence-corrected chi connectivity index (χ3v) is 9.21. The van der Waals surface area contributed by atoms with Gasteiger partial charge in [-0.3, -0.25) is 24.0 Å². The fraction of sp³-hybridized carbons (Fsp3) is 0.152. The van der Waals surface area contributed by atoms with Crippen molar-refractivity contribution < 1.29 is 48.5 Å². The number of carbonyl (C=O) groups excluding carboxylic acids is 4. The molecule has 1 spiro atoms. The van der Waals surface area contributed by atoms with Crippen molar-refractivity contribution in [1.29, 1.82) is 0 Å². The molecule has 0 fully saturated rings. The molecular formula is C33H20ClFN2O10. The molecule has 7 rings (SSSR count). The second kappa shape index (κ2) is 10.4. The number of fused-ring (bicyclic) bond motifs is 5. The third kappa shape index (κ3) is 3.99. The molecule has 4 aromatic rings. The second-order valence-electron chi connectivity index (χ2n) is 11.2. The molecule has 0 bridgehead atoms. The Morgan fingerprint density at radius 2 is 1.64 bits per heavy atom. The first-order valence-corrected chi connectivity index (χ1v) is 14.4. The SMILES string of the molecule is COC1=CC(=O)c2c(O)c3c(c(O)c2C1=O)C(=O)[C@]1(CCc2c1c(O)c1c(=O)[nH]c(C=NOCc4ccc(F)cc4)cc1c2Cl)C3=O. The number of phenolic OH excluding ortho intramolecular Hbond substituents is 3. The second-order valence-corrected chi connectivity index (χ2v) is 11.5. The molecule has 0 saturated heterocycles. The molecule has 236 valence electrons. The number of phenols is 3. The number of hydrogen-bond donors (Lipinski definition) is 4. The molecular weight excluding hydrogens is 639 g/mol. The maximum Gasteiger partial charge on any atom is 0.260 e. The van der Waals surface area contributed by atoms with Crippen LogP contribution in [0.1, 0.15) is 70.2 Å². The summed E-state index contributed by atoms with van der Waals surface area (Å²) in [5, 5.41) is 37.4. The number of hydrogen-bond acceptors (Lipinski definition) is 11. The number of nitrogens with zero attached hydrogens (tertiary/aromatic N) is 1. The molecule has 0 amide bonds. The highest BCUT2D eigenvalue weighted by Gasteiger charge is 2.62. The van der Waals surface area contributed by atoms with Gasteiger partial charge in [-0.25, -0.2) is 4.39 Å². The van der Waals surface area contributed by atoms with Gasteiger partial charge in [0.05, 0.1) is 51.7 Å². The van der Waals surface area contributed by atoms with Crippen molar-refractivity contribution >= 4 is 51.7 Å². The summed E-state index contributed by atoms with van der Waals surface area (Å²) < 4.78 is 18.0. The highest BCUT2D eigenvalue weighted by Crippen LogP contribution is 2.58. The summed E-state index contributed by atoms with van der Waals surface area (Å²) in [4.78, 5) is 75.2. The molecule has 47 heavy (non-hydrogen) atoms. The maximum absolute atomic E-state index is 14.2. The van der Waals surface area contributed by atoms with Crippen LogP contribution in [0, 0.1) is 5.82 Å². The normalized spacial score (nSPS) is 18.2. The van der Waals surface area contributed by atoms with Crippen molar-refractivity contribution in [2.75, 3.05) is 7.11 Å². The molecule has 0 saturated carbocycles. The molecule has 4 N–H and O–H groups in total. The Morgan fingerprint density at radius 3 is 2.30 bits per heavy atom. The van der Waals surface area contributed by atoms with Crippen LogP contribution in [0.2, 0.25) is 5.02 Å². The van der Waals surface area contributed by atoms with Crippen LogP contribution < -0.4 is 5.56 Å². The lowest BCUT2D eigenvalue weighted by Crippen LogP contribution is -2.36. The van der Waals surface area contributed by atoms with Gasteiger partial charge in [-0.2, -0.15) is 0 Å². The zero-order valence-electron chi connectivity index (χ0n) is 24.1. The Bertz CT molecular complexity index is 2290. The summed E-state index contributed by atoms with van der Waals surface area (Å²) in [5.74, 6) is -7.57. The number of pyridine rings is 1. The molecule has 3 aliphatic rings. The molecule has 0 aliphatic heterocycles. The number of aromatic nitrogens is 1. The van der Waals surface area contributed by atoms with E-state index in [2.05, 4.69) is 10.1 Å². The summed E-state index contributed by atoms with van der Waals surface area (Å²) in [6, 6.07) is 6.97. The van der Waals surface area contributed by atoms with Crippen LogP contribution in [0.25, 0.3) is 10.8 Å². The Hall–Kier alpha value is -5.82. The number of ketones is 4. The number of halogens is 2. The number of oxime groups is 1. The minimum Gasteiger partial charge on any atom is -0.507 e. The Kier molecular flexibility index (Phi) is 6.58. The number of nitrogens with one attached hydrogen (secondary N) is 1. The van der Waals surface area contributed by atoms with E-state index < -0.39 is 85.2 Å². The van der Waals surface area contributed by atoms with E-state index in [0.717, 1.165) is 13.2 Å². The lowest BCUT2D eigenvalue weighted by molar-refractivity contribution is 0.0790. The van der Waals surface area contributed by atoms with Crippen molar-refractivity contribution in [3.05, 3.63) is 108 Å². The minimum atomic E-state index is -2.23. The van der Waals surface area contributed by atoms with E-state index in [9.17, 15) is 43.7 Å². The maximum atomic E-state index is 14.2. The van der Waals surface area contributed by atoms with Crippen LogP contribution >= 0.6 is 11.6 Å². The topological polar surface area (TPSA) is 193 Å². The van der Waals surface area contributed by atoms with Gasteiger partial charge < -0.3 is 29.9 Å². The molecule has 12 nitrogen and oxygen atoms in total. The number of aromatic hydroxyl groups is 3. The van der Waals surface area contributed by atoms with Crippen LogP contribution in [0.15, 0.2) is 52.1 Å². The number of H-pyrrole nitrogens is 1. The van der Waals surface area contributed by atoms with E-state index in [1.165, 1.54) is 36.5 Å². The minimum absolute atomic E-state index is 0.0106. The quantitative estimate of drug-likeness (QED) is 0.105. The van der Waals surface area contributed by atoms with E-state index in [-0.39, 0.29) is 52.1 Å². The van der Waals surface area contributed by atoms with E-state index >= 15 is 0 Å². The van der Waals surface area contributed by atoms with E-state index in [0.29, 0.717) is 5.56 Å².